The SMILES string of the molecule is COc1cc(OC)c(F)c(COc2cnc(Nc3ccc(N4CC5(C4)CN(C(C)C)C5)c(OCCn4cccn4)c3)nc2)c1F. The van der Waals surface area contributed by atoms with E-state index in [0.29, 0.717) is 30.6 Å². The maximum Gasteiger partial charge on any atom is 0.227 e. The topological polar surface area (TPSA) is 99.0 Å². The Morgan fingerprint density at radius 2 is 1.64 bits per heavy atom. The van der Waals surface area contributed by atoms with E-state index in [1.165, 1.54) is 26.6 Å². The molecule has 2 fully saturated rings. The second-order valence-electron chi connectivity index (χ2n) is 11.7. The van der Waals surface area contributed by atoms with Crippen molar-refractivity contribution in [2.24, 2.45) is 5.41 Å². The predicted molar refractivity (Wildman–Crippen MR) is 165 cm³/mol. The molecule has 2 saturated heterocycles. The van der Waals surface area contributed by atoms with Crippen LogP contribution in [-0.2, 0) is 13.2 Å². The molecule has 2 aromatic carbocycles. The van der Waals surface area contributed by atoms with Crippen LogP contribution >= 0.6 is 0 Å². The van der Waals surface area contributed by atoms with Gasteiger partial charge in [-0.25, -0.2) is 18.7 Å². The van der Waals surface area contributed by atoms with Crippen molar-refractivity contribution in [1.82, 2.24) is 24.6 Å². The average molecular weight is 622 g/mol. The largest absolute Gasteiger partial charge is 0.494 e. The number of ether oxygens (including phenoxy) is 4. The van der Waals surface area contributed by atoms with Crippen LogP contribution in [-0.4, -0.2) is 77.7 Å². The number of methoxy groups -OCH3 is 2. The molecule has 13 heteroatoms. The van der Waals surface area contributed by atoms with E-state index in [9.17, 15) is 8.78 Å². The van der Waals surface area contributed by atoms with E-state index in [-0.39, 0.29) is 22.8 Å². The smallest absolute Gasteiger partial charge is 0.227 e. The first-order valence-corrected chi connectivity index (χ1v) is 14.8. The molecule has 4 aromatic rings. The van der Waals surface area contributed by atoms with E-state index in [2.05, 4.69) is 50.1 Å². The van der Waals surface area contributed by atoms with Crippen molar-refractivity contribution >= 4 is 17.3 Å². The Bertz CT molecular complexity index is 1580. The highest BCUT2D eigenvalue weighted by molar-refractivity contribution is 5.68. The van der Waals surface area contributed by atoms with Crippen molar-refractivity contribution in [2.45, 2.75) is 33.0 Å². The summed E-state index contributed by atoms with van der Waals surface area (Å²) in [5.74, 6) is -0.693. The van der Waals surface area contributed by atoms with Gasteiger partial charge in [-0.3, -0.25) is 9.58 Å². The highest BCUT2D eigenvalue weighted by atomic mass is 19.1. The van der Waals surface area contributed by atoms with Gasteiger partial charge in [-0.15, -0.1) is 0 Å². The van der Waals surface area contributed by atoms with Crippen molar-refractivity contribution < 1.29 is 27.7 Å². The van der Waals surface area contributed by atoms with Crippen LogP contribution in [0.3, 0.4) is 0 Å². The van der Waals surface area contributed by atoms with Crippen LogP contribution in [0, 0.1) is 17.0 Å². The van der Waals surface area contributed by atoms with Gasteiger partial charge in [0.2, 0.25) is 5.95 Å². The van der Waals surface area contributed by atoms with E-state index in [1.807, 2.05) is 29.1 Å². The molecule has 1 N–H and O–H groups in total. The molecule has 11 nitrogen and oxygen atoms in total. The van der Waals surface area contributed by atoms with Crippen LogP contribution in [0.15, 0.2) is 55.1 Å². The average Bonchev–Trinajstić information content (AvgIpc) is 3.51. The summed E-state index contributed by atoms with van der Waals surface area (Å²) in [5.41, 5.74) is 1.84. The Kier molecular flexibility index (Phi) is 8.61. The number of nitrogens with zero attached hydrogens (tertiary/aromatic N) is 6. The maximum atomic E-state index is 14.7. The Morgan fingerprint density at radius 3 is 2.27 bits per heavy atom. The number of anilines is 3. The molecule has 6 rings (SSSR count). The number of likely N-dealkylation sites (tertiary alicyclic amines) is 1. The summed E-state index contributed by atoms with van der Waals surface area (Å²) in [6.07, 6.45) is 6.51. The van der Waals surface area contributed by atoms with Gasteiger partial charge >= 0.3 is 0 Å². The van der Waals surface area contributed by atoms with E-state index in [0.717, 1.165) is 49.4 Å². The lowest BCUT2D eigenvalue weighted by Crippen LogP contribution is -2.73. The maximum absolute atomic E-state index is 14.7. The van der Waals surface area contributed by atoms with Crippen molar-refractivity contribution in [2.75, 3.05) is 57.2 Å². The first kappa shape index (κ1) is 30.4. The molecule has 2 aliphatic heterocycles. The first-order chi connectivity index (χ1) is 21.8. The molecule has 0 atom stereocenters. The van der Waals surface area contributed by atoms with Crippen LogP contribution in [0.25, 0.3) is 0 Å². The molecular weight excluding hydrogens is 584 g/mol. The highest BCUT2D eigenvalue weighted by Gasteiger charge is 2.52. The van der Waals surface area contributed by atoms with Gasteiger partial charge in [0, 0.05) is 67.8 Å². The molecule has 2 aliphatic rings. The fourth-order valence-electron chi connectivity index (χ4n) is 5.77. The minimum absolute atomic E-state index is 0.146. The van der Waals surface area contributed by atoms with Gasteiger partial charge in [0.25, 0.3) is 0 Å². The van der Waals surface area contributed by atoms with Crippen molar-refractivity contribution in [3.63, 3.8) is 0 Å². The summed E-state index contributed by atoms with van der Waals surface area (Å²) < 4.78 is 53.0. The molecule has 4 heterocycles. The molecule has 2 aromatic heterocycles. The standard InChI is InChI=1S/C32H37F2N7O4/c1-21(2)39-17-32(18-39)19-40(20-32)25-7-6-22(12-26(25)44-11-10-41-9-5-8-37-41)38-31-35-14-23(15-36-31)45-16-24-29(33)27(42-3)13-28(43-4)30(24)34/h5-9,12-15,21H,10-11,16-20H2,1-4H3,(H,35,36,38). The number of hydrogen-bond donors (Lipinski definition) is 1. The molecule has 1 spiro atoms. The van der Waals surface area contributed by atoms with Gasteiger partial charge < -0.3 is 29.2 Å². The van der Waals surface area contributed by atoms with Gasteiger partial charge in [0.05, 0.1) is 44.4 Å². The Labute approximate surface area is 260 Å². The zero-order chi connectivity index (χ0) is 31.6. The molecule has 238 valence electrons. The van der Waals surface area contributed by atoms with Gasteiger partial charge in [0.1, 0.15) is 19.0 Å². The molecule has 0 radical (unpaired) electrons. The third-order valence-electron chi connectivity index (χ3n) is 8.23. The third kappa shape index (κ3) is 6.44. The summed E-state index contributed by atoms with van der Waals surface area (Å²) in [6.45, 7) is 9.42. The number of hydrogen-bond acceptors (Lipinski definition) is 10. The number of halogens is 2. The number of nitrogens with one attached hydrogen (secondary N) is 1. The molecule has 45 heavy (non-hydrogen) atoms. The molecule has 0 amide bonds. The van der Waals surface area contributed by atoms with E-state index >= 15 is 0 Å². The Balaban J connectivity index is 1.11. The third-order valence-corrected chi connectivity index (χ3v) is 8.23. The number of aromatic nitrogens is 4. The normalized spacial score (nSPS) is 15.5. The second-order valence-corrected chi connectivity index (χ2v) is 11.7. The first-order valence-electron chi connectivity index (χ1n) is 14.8. The van der Waals surface area contributed by atoms with Crippen LogP contribution in [0.5, 0.6) is 23.0 Å². The summed E-state index contributed by atoms with van der Waals surface area (Å²) >= 11 is 0. The van der Waals surface area contributed by atoms with Crippen LogP contribution in [0.4, 0.5) is 26.1 Å². The summed E-state index contributed by atoms with van der Waals surface area (Å²) in [5, 5.41) is 7.46. The van der Waals surface area contributed by atoms with E-state index in [1.54, 1.807) is 6.20 Å². The van der Waals surface area contributed by atoms with Crippen LogP contribution in [0.2, 0.25) is 0 Å². The molecule has 0 bridgehead atoms. The van der Waals surface area contributed by atoms with Crippen LogP contribution < -0.4 is 29.2 Å². The lowest BCUT2D eigenvalue weighted by atomic mass is 9.72. The number of rotatable bonds is 13. The van der Waals surface area contributed by atoms with Crippen molar-refractivity contribution in [3.8, 4) is 23.0 Å². The summed E-state index contributed by atoms with van der Waals surface area (Å²) in [4.78, 5) is 13.5. The summed E-state index contributed by atoms with van der Waals surface area (Å²) in [6, 6.07) is 9.58. The molecule has 0 saturated carbocycles. The molecular formula is C32H37F2N7O4. The zero-order valence-electron chi connectivity index (χ0n) is 25.8. The molecule has 0 aliphatic carbocycles. The monoisotopic (exact) mass is 621 g/mol. The van der Waals surface area contributed by atoms with E-state index < -0.39 is 18.2 Å². The predicted octanol–water partition coefficient (Wildman–Crippen LogP) is 4.90. The lowest BCUT2D eigenvalue weighted by Gasteiger charge is -2.62. The van der Waals surface area contributed by atoms with Gasteiger partial charge in [0.15, 0.2) is 28.9 Å². The second kappa shape index (κ2) is 12.8. The quantitative estimate of drug-likeness (QED) is 0.222. The Hall–Kier alpha value is -4.65. The van der Waals surface area contributed by atoms with Crippen molar-refractivity contribution in [3.05, 3.63) is 72.3 Å². The van der Waals surface area contributed by atoms with Gasteiger partial charge in [-0.2, -0.15) is 5.10 Å². The zero-order valence-corrected chi connectivity index (χ0v) is 25.8. The van der Waals surface area contributed by atoms with Crippen molar-refractivity contribution in [1.29, 1.82) is 0 Å². The molecule has 0 unspecified atom stereocenters. The summed E-state index contributed by atoms with van der Waals surface area (Å²) in [7, 11) is 2.58. The minimum Gasteiger partial charge on any atom is -0.494 e. The fourth-order valence-corrected chi connectivity index (χ4v) is 5.77. The van der Waals surface area contributed by atoms with E-state index in [4.69, 9.17) is 18.9 Å². The number of benzene rings is 2. The fraction of sp³-hybridized carbons (Fsp3) is 0.406. The lowest BCUT2D eigenvalue weighted by molar-refractivity contribution is -0.0413. The Morgan fingerprint density at radius 1 is 0.933 bits per heavy atom. The highest BCUT2D eigenvalue weighted by Crippen LogP contribution is 2.45. The minimum atomic E-state index is -0.861. The van der Waals surface area contributed by atoms with Gasteiger partial charge in [-0.05, 0) is 32.0 Å². The van der Waals surface area contributed by atoms with Crippen LogP contribution in [0.1, 0.15) is 19.4 Å². The van der Waals surface area contributed by atoms with Gasteiger partial charge in [-0.1, -0.05) is 0 Å².